The van der Waals surface area contributed by atoms with Gasteiger partial charge in [-0.25, -0.2) is 15.0 Å². The topological polar surface area (TPSA) is 73.9 Å². The number of hydrogen-bond donors (Lipinski definition) is 1. The molecule has 2 aromatic heterocycles. The van der Waals surface area contributed by atoms with Gasteiger partial charge in [0, 0.05) is 18.7 Å². The molecule has 0 fully saturated rings. The highest BCUT2D eigenvalue weighted by molar-refractivity contribution is 14.1. The first kappa shape index (κ1) is 15.9. The summed E-state index contributed by atoms with van der Waals surface area (Å²) in [4.78, 5) is 13.2. The standard InChI is InChI=1S/C15H19IN4O/c1-9(2)6-11-14(16)15(17)20-12(19-11)7-10-4-5-13(21-3)18-8-10/h4-5,8-9H,6-7H2,1-3H3,(H2,17,19,20). The molecule has 5 nitrogen and oxygen atoms in total. The van der Waals surface area contributed by atoms with E-state index in [-0.39, 0.29) is 0 Å². The molecule has 0 saturated heterocycles. The summed E-state index contributed by atoms with van der Waals surface area (Å²) in [6.07, 6.45) is 3.29. The van der Waals surface area contributed by atoms with E-state index in [1.165, 1.54) is 0 Å². The van der Waals surface area contributed by atoms with Gasteiger partial charge in [-0.1, -0.05) is 19.9 Å². The average Bonchev–Trinajstić information content (AvgIpc) is 2.44. The fraction of sp³-hybridized carbons (Fsp3) is 0.400. The SMILES string of the molecule is COc1ccc(Cc2nc(N)c(I)c(CC(C)C)n2)cn1. The number of rotatable bonds is 5. The van der Waals surface area contributed by atoms with Crippen molar-refractivity contribution < 1.29 is 4.74 Å². The predicted octanol–water partition coefficient (Wildman–Crippen LogP) is 2.86. The molecule has 2 rings (SSSR count). The van der Waals surface area contributed by atoms with Gasteiger partial charge in [-0.15, -0.1) is 0 Å². The normalized spacial score (nSPS) is 10.9. The molecule has 0 amide bonds. The molecule has 0 aromatic carbocycles. The van der Waals surface area contributed by atoms with Crippen molar-refractivity contribution in [3.8, 4) is 5.88 Å². The summed E-state index contributed by atoms with van der Waals surface area (Å²) in [5.41, 5.74) is 8.06. The molecule has 2 heterocycles. The van der Waals surface area contributed by atoms with Crippen LogP contribution in [-0.2, 0) is 12.8 Å². The minimum atomic E-state index is 0.531. The summed E-state index contributed by atoms with van der Waals surface area (Å²) in [5, 5.41) is 0. The molecule has 0 radical (unpaired) electrons. The molecule has 2 aromatic rings. The van der Waals surface area contributed by atoms with E-state index in [9.17, 15) is 0 Å². The summed E-state index contributed by atoms with van der Waals surface area (Å²) in [6.45, 7) is 4.34. The lowest BCUT2D eigenvalue weighted by Gasteiger charge is -2.11. The largest absolute Gasteiger partial charge is 0.481 e. The van der Waals surface area contributed by atoms with Crippen LogP contribution in [0.15, 0.2) is 18.3 Å². The van der Waals surface area contributed by atoms with Gasteiger partial charge in [-0.05, 0) is 40.5 Å². The summed E-state index contributed by atoms with van der Waals surface area (Å²) >= 11 is 2.22. The van der Waals surface area contributed by atoms with Gasteiger partial charge in [-0.2, -0.15) is 0 Å². The highest BCUT2D eigenvalue weighted by Crippen LogP contribution is 2.20. The van der Waals surface area contributed by atoms with Gasteiger partial charge in [0.25, 0.3) is 0 Å². The minimum Gasteiger partial charge on any atom is -0.481 e. The van der Waals surface area contributed by atoms with Crippen molar-refractivity contribution in [1.29, 1.82) is 0 Å². The molecule has 2 N–H and O–H groups in total. The average molecular weight is 398 g/mol. The van der Waals surface area contributed by atoms with Gasteiger partial charge in [-0.3, -0.25) is 0 Å². The van der Waals surface area contributed by atoms with Gasteiger partial charge in [0.1, 0.15) is 11.6 Å². The lowest BCUT2D eigenvalue weighted by Crippen LogP contribution is -2.10. The molecular weight excluding hydrogens is 379 g/mol. The van der Waals surface area contributed by atoms with Crippen LogP contribution in [0.25, 0.3) is 0 Å². The van der Waals surface area contributed by atoms with Crippen molar-refractivity contribution in [2.75, 3.05) is 12.8 Å². The van der Waals surface area contributed by atoms with Crippen molar-refractivity contribution in [2.24, 2.45) is 5.92 Å². The van der Waals surface area contributed by atoms with Gasteiger partial charge >= 0.3 is 0 Å². The van der Waals surface area contributed by atoms with E-state index in [4.69, 9.17) is 10.5 Å². The highest BCUT2D eigenvalue weighted by Gasteiger charge is 2.12. The Labute approximate surface area is 138 Å². The third-order valence-electron chi connectivity index (χ3n) is 2.96. The molecule has 0 aliphatic carbocycles. The Morgan fingerprint density at radius 1 is 1.29 bits per heavy atom. The third-order valence-corrected chi connectivity index (χ3v) is 4.14. The van der Waals surface area contributed by atoms with Crippen LogP contribution in [0, 0.1) is 9.49 Å². The van der Waals surface area contributed by atoms with Crippen LogP contribution in [0.4, 0.5) is 5.82 Å². The zero-order valence-electron chi connectivity index (χ0n) is 12.4. The number of hydrogen-bond acceptors (Lipinski definition) is 5. The second-order valence-electron chi connectivity index (χ2n) is 5.27. The Morgan fingerprint density at radius 3 is 2.62 bits per heavy atom. The van der Waals surface area contributed by atoms with E-state index in [0.717, 1.165) is 27.1 Å². The van der Waals surface area contributed by atoms with Crippen LogP contribution < -0.4 is 10.5 Å². The van der Waals surface area contributed by atoms with Crippen LogP contribution in [0.2, 0.25) is 0 Å². The quantitative estimate of drug-likeness (QED) is 0.785. The van der Waals surface area contributed by atoms with Crippen LogP contribution in [-0.4, -0.2) is 22.1 Å². The van der Waals surface area contributed by atoms with Gasteiger partial charge in [0.15, 0.2) is 0 Å². The number of aromatic nitrogens is 3. The van der Waals surface area contributed by atoms with Crippen molar-refractivity contribution in [3.05, 3.63) is 39.0 Å². The molecule has 6 heteroatoms. The van der Waals surface area contributed by atoms with Gasteiger partial charge in [0.05, 0.1) is 16.4 Å². The van der Waals surface area contributed by atoms with Crippen LogP contribution >= 0.6 is 22.6 Å². The monoisotopic (exact) mass is 398 g/mol. The van der Waals surface area contributed by atoms with Crippen LogP contribution in [0.1, 0.15) is 30.9 Å². The molecule has 0 bridgehead atoms. The summed E-state index contributed by atoms with van der Waals surface area (Å²) in [5.74, 6) is 2.42. The smallest absolute Gasteiger partial charge is 0.212 e. The minimum absolute atomic E-state index is 0.531. The molecule has 0 atom stereocenters. The Bertz CT molecular complexity index is 614. The molecule has 0 aliphatic heterocycles. The predicted molar refractivity (Wildman–Crippen MR) is 91.3 cm³/mol. The van der Waals surface area contributed by atoms with Gasteiger partial charge < -0.3 is 10.5 Å². The number of nitrogens with two attached hydrogens (primary N) is 1. The molecule has 112 valence electrons. The molecule has 0 spiro atoms. The summed E-state index contributed by atoms with van der Waals surface area (Å²) in [7, 11) is 1.60. The molecular formula is C15H19IN4O. The number of methoxy groups -OCH3 is 1. The third kappa shape index (κ3) is 4.26. The number of halogens is 1. The van der Waals surface area contributed by atoms with E-state index >= 15 is 0 Å². The second kappa shape index (κ2) is 7.02. The number of nitrogens with zero attached hydrogens (tertiary/aromatic N) is 3. The van der Waals surface area contributed by atoms with Crippen molar-refractivity contribution in [1.82, 2.24) is 15.0 Å². The first-order valence-corrected chi connectivity index (χ1v) is 7.87. The van der Waals surface area contributed by atoms with Crippen molar-refractivity contribution in [3.63, 3.8) is 0 Å². The van der Waals surface area contributed by atoms with Crippen LogP contribution in [0.3, 0.4) is 0 Å². The lowest BCUT2D eigenvalue weighted by molar-refractivity contribution is 0.397. The van der Waals surface area contributed by atoms with E-state index < -0.39 is 0 Å². The number of pyridine rings is 1. The number of anilines is 1. The van der Waals surface area contributed by atoms with E-state index in [0.29, 0.717) is 24.0 Å². The zero-order valence-corrected chi connectivity index (χ0v) is 14.6. The molecule has 0 saturated carbocycles. The fourth-order valence-electron chi connectivity index (χ4n) is 1.99. The highest BCUT2D eigenvalue weighted by atomic mass is 127. The summed E-state index contributed by atoms with van der Waals surface area (Å²) in [6, 6.07) is 3.80. The molecule has 0 aliphatic rings. The molecule has 21 heavy (non-hydrogen) atoms. The lowest BCUT2D eigenvalue weighted by atomic mass is 10.1. The van der Waals surface area contributed by atoms with Crippen molar-refractivity contribution >= 4 is 28.4 Å². The van der Waals surface area contributed by atoms with E-state index in [2.05, 4.69) is 51.4 Å². The second-order valence-corrected chi connectivity index (χ2v) is 6.35. The Balaban J connectivity index is 2.24. The Hall–Kier alpha value is -1.44. The van der Waals surface area contributed by atoms with E-state index in [1.54, 1.807) is 13.3 Å². The Morgan fingerprint density at radius 2 is 2.05 bits per heavy atom. The Kier molecular flexibility index (Phi) is 5.33. The van der Waals surface area contributed by atoms with Gasteiger partial charge in [0.2, 0.25) is 5.88 Å². The summed E-state index contributed by atoms with van der Waals surface area (Å²) < 4.78 is 6.01. The fourth-order valence-corrected chi connectivity index (χ4v) is 2.45. The maximum absolute atomic E-state index is 6.00. The maximum Gasteiger partial charge on any atom is 0.212 e. The molecule has 0 unspecified atom stereocenters. The first-order valence-electron chi connectivity index (χ1n) is 6.79. The maximum atomic E-state index is 6.00. The first-order chi connectivity index (χ1) is 9.99. The zero-order chi connectivity index (χ0) is 15.4. The van der Waals surface area contributed by atoms with Crippen molar-refractivity contribution in [2.45, 2.75) is 26.7 Å². The van der Waals surface area contributed by atoms with Crippen LogP contribution in [0.5, 0.6) is 5.88 Å². The number of nitrogen functional groups attached to an aromatic ring is 1. The van der Waals surface area contributed by atoms with E-state index in [1.807, 2.05) is 12.1 Å². The number of ether oxygens (including phenoxy) is 1.